The lowest BCUT2D eigenvalue weighted by Crippen LogP contribution is -2.12. The summed E-state index contributed by atoms with van der Waals surface area (Å²) in [6, 6.07) is 4.41. The molecule has 0 bridgehead atoms. The van der Waals surface area contributed by atoms with Crippen LogP contribution in [0.3, 0.4) is 0 Å². The Labute approximate surface area is 106 Å². The molecule has 1 saturated carbocycles. The van der Waals surface area contributed by atoms with Crippen molar-refractivity contribution in [2.45, 2.75) is 25.3 Å². The molecule has 4 nitrogen and oxygen atoms in total. The molecule has 0 amide bonds. The lowest BCUT2D eigenvalue weighted by atomic mass is 9.99. The van der Waals surface area contributed by atoms with Crippen LogP contribution in [0.15, 0.2) is 18.2 Å². The summed E-state index contributed by atoms with van der Waals surface area (Å²) in [5.74, 6) is -0.648. The fourth-order valence-corrected chi connectivity index (χ4v) is 1.80. The third-order valence-corrected chi connectivity index (χ3v) is 2.96. The first kappa shape index (κ1) is 13.8. The number of halogens is 1. The Morgan fingerprint density at radius 3 is 2.65 bits per heavy atom. The van der Waals surface area contributed by atoms with Gasteiger partial charge in [0.1, 0.15) is 11.3 Å². The van der Waals surface area contributed by atoms with E-state index in [0.29, 0.717) is 5.92 Å². The number of aromatic hydroxyl groups is 1. The van der Waals surface area contributed by atoms with E-state index in [1.54, 1.807) is 6.07 Å². The van der Waals surface area contributed by atoms with E-state index in [4.69, 9.17) is 10.8 Å². The van der Waals surface area contributed by atoms with E-state index in [9.17, 15) is 9.90 Å². The number of benzene rings is 1. The second-order valence-electron chi connectivity index (χ2n) is 4.37. The van der Waals surface area contributed by atoms with E-state index in [0.717, 1.165) is 12.0 Å². The maximum atomic E-state index is 10.8. The predicted molar refractivity (Wildman–Crippen MR) is 66.6 cm³/mol. The van der Waals surface area contributed by atoms with Crippen LogP contribution in [0.5, 0.6) is 5.75 Å². The number of rotatable bonds is 4. The maximum Gasteiger partial charge on any atom is 0.339 e. The molecule has 1 atom stereocenters. The minimum absolute atomic E-state index is 0. The molecule has 0 unspecified atom stereocenters. The fourth-order valence-electron chi connectivity index (χ4n) is 1.80. The summed E-state index contributed by atoms with van der Waals surface area (Å²) in [6.07, 6.45) is 3.33. The van der Waals surface area contributed by atoms with Gasteiger partial charge in [-0.2, -0.15) is 0 Å². The van der Waals surface area contributed by atoms with Gasteiger partial charge in [0.15, 0.2) is 0 Å². The molecule has 1 aliphatic rings. The van der Waals surface area contributed by atoms with Crippen LogP contribution >= 0.6 is 12.4 Å². The van der Waals surface area contributed by atoms with Gasteiger partial charge >= 0.3 is 5.97 Å². The molecule has 1 aromatic carbocycles. The maximum absolute atomic E-state index is 10.8. The van der Waals surface area contributed by atoms with Crippen LogP contribution < -0.4 is 5.73 Å². The fraction of sp³-hybridized carbons (Fsp3) is 0.417. The van der Waals surface area contributed by atoms with Gasteiger partial charge in [0.05, 0.1) is 0 Å². The van der Waals surface area contributed by atoms with Gasteiger partial charge in [0.2, 0.25) is 0 Å². The number of carboxylic acid groups (broad SMARTS) is 1. The van der Waals surface area contributed by atoms with E-state index >= 15 is 0 Å². The smallest absolute Gasteiger partial charge is 0.339 e. The van der Waals surface area contributed by atoms with Crippen molar-refractivity contribution in [2.75, 3.05) is 0 Å². The normalized spacial score (nSPS) is 16.1. The molecule has 0 radical (unpaired) electrons. The van der Waals surface area contributed by atoms with Crippen LogP contribution in [-0.4, -0.2) is 16.2 Å². The van der Waals surface area contributed by atoms with Gasteiger partial charge in [-0.3, -0.25) is 0 Å². The molecule has 2 rings (SSSR count). The lowest BCUT2D eigenvalue weighted by molar-refractivity contribution is 0.0693. The Hall–Kier alpha value is -1.26. The van der Waals surface area contributed by atoms with Crippen LogP contribution in [-0.2, 0) is 0 Å². The standard InChI is InChI=1S/C12H15NO3.ClH/c13-10(5-7-1-2-7)8-3-4-11(14)9(6-8)12(15)16;/h3-4,6-7,10,14H,1-2,5,13H2,(H,15,16);1H/t10-;/m1./s1. The first-order valence-corrected chi connectivity index (χ1v) is 5.39. The highest BCUT2D eigenvalue weighted by molar-refractivity contribution is 5.90. The Kier molecular flexibility index (Phi) is 4.37. The molecule has 5 heteroatoms. The van der Waals surface area contributed by atoms with Crippen molar-refractivity contribution in [2.24, 2.45) is 11.7 Å². The first-order chi connectivity index (χ1) is 7.58. The lowest BCUT2D eigenvalue weighted by Gasteiger charge is -2.12. The summed E-state index contributed by atoms with van der Waals surface area (Å²) in [7, 11) is 0. The number of carboxylic acids is 1. The third-order valence-electron chi connectivity index (χ3n) is 2.96. The molecule has 0 heterocycles. The zero-order valence-corrected chi connectivity index (χ0v) is 10.1. The van der Waals surface area contributed by atoms with Crippen molar-refractivity contribution >= 4 is 18.4 Å². The Morgan fingerprint density at radius 2 is 2.12 bits per heavy atom. The van der Waals surface area contributed by atoms with Gasteiger partial charge in [0.25, 0.3) is 0 Å². The molecule has 17 heavy (non-hydrogen) atoms. The van der Waals surface area contributed by atoms with Crippen molar-refractivity contribution in [1.82, 2.24) is 0 Å². The van der Waals surface area contributed by atoms with Crippen LogP contribution in [0.1, 0.15) is 41.2 Å². The molecule has 94 valence electrons. The average molecular weight is 258 g/mol. The molecular formula is C12H16ClNO3. The molecule has 1 aromatic rings. The summed E-state index contributed by atoms with van der Waals surface area (Å²) in [6.45, 7) is 0. The quantitative estimate of drug-likeness (QED) is 0.773. The molecule has 0 saturated heterocycles. The summed E-state index contributed by atoms with van der Waals surface area (Å²) >= 11 is 0. The monoisotopic (exact) mass is 257 g/mol. The van der Waals surface area contributed by atoms with E-state index in [-0.39, 0.29) is 29.8 Å². The Balaban J connectivity index is 0.00000144. The number of hydrogen-bond acceptors (Lipinski definition) is 3. The highest BCUT2D eigenvalue weighted by Crippen LogP contribution is 2.37. The van der Waals surface area contributed by atoms with E-state index in [1.165, 1.54) is 25.0 Å². The summed E-state index contributed by atoms with van der Waals surface area (Å²) < 4.78 is 0. The molecule has 1 fully saturated rings. The minimum atomic E-state index is -1.13. The van der Waals surface area contributed by atoms with Gasteiger partial charge in [-0.25, -0.2) is 4.79 Å². The SMILES string of the molecule is Cl.N[C@H](CC1CC1)c1ccc(O)c(C(=O)O)c1. The molecule has 0 spiro atoms. The van der Waals surface area contributed by atoms with Crippen molar-refractivity contribution < 1.29 is 15.0 Å². The van der Waals surface area contributed by atoms with Crippen LogP contribution in [0.25, 0.3) is 0 Å². The van der Waals surface area contributed by atoms with Crippen molar-refractivity contribution in [3.8, 4) is 5.75 Å². The topological polar surface area (TPSA) is 83.5 Å². The third kappa shape index (κ3) is 3.35. The van der Waals surface area contributed by atoms with Crippen LogP contribution in [0.2, 0.25) is 0 Å². The van der Waals surface area contributed by atoms with Crippen molar-refractivity contribution in [1.29, 1.82) is 0 Å². The van der Waals surface area contributed by atoms with E-state index in [2.05, 4.69) is 0 Å². The number of nitrogens with two attached hydrogens (primary N) is 1. The Morgan fingerprint density at radius 1 is 1.47 bits per heavy atom. The van der Waals surface area contributed by atoms with Gasteiger partial charge in [0, 0.05) is 6.04 Å². The number of carbonyl (C=O) groups is 1. The highest BCUT2D eigenvalue weighted by Gasteiger charge is 2.25. The second-order valence-corrected chi connectivity index (χ2v) is 4.37. The highest BCUT2D eigenvalue weighted by atomic mass is 35.5. The summed E-state index contributed by atoms with van der Waals surface area (Å²) in [5.41, 5.74) is 6.68. The Bertz CT molecular complexity index is 418. The van der Waals surface area contributed by atoms with Crippen molar-refractivity contribution in [3.05, 3.63) is 29.3 Å². The zero-order chi connectivity index (χ0) is 11.7. The van der Waals surface area contributed by atoms with Crippen molar-refractivity contribution in [3.63, 3.8) is 0 Å². The minimum Gasteiger partial charge on any atom is -0.507 e. The number of hydrogen-bond donors (Lipinski definition) is 3. The van der Waals surface area contributed by atoms with E-state index in [1.807, 2.05) is 0 Å². The van der Waals surface area contributed by atoms with Gasteiger partial charge in [-0.15, -0.1) is 12.4 Å². The van der Waals surface area contributed by atoms with Gasteiger partial charge in [-0.1, -0.05) is 18.9 Å². The van der Waals surface area contributed by atoms with Crippen LogP contribution in [0, 0.1) is 5.92 Å². The van der Waals surface area contributed by atoms with Gasteiger partial charge in [-0.05, 0) is 30.0 Å². The van der Waals surface area contributed by atoms with Crippen LogP contribution in [0.4, 0.5) is 0 Å². The molecule has 4 N–H and O–H groups in total. The summed E-state index contributed by atoms with van der Waals surface area (Å²) in [5, 5.41) is 18.2. The predicted octanol–water partition coefficient (Wildman–Crippen LogP) is 2.31. The zero-order valence-electron chi connectivity index (χ0n) is 9.30. The van der Waals surface area contributed by atoms with E-state index < -0.39 is 5.97 Å². The second kappa shape index (κ2) is 5.38. The number of phenols is 1. The molecule has 0 aliphatic heterocycles. The largest absolute Gasteiger partial charge is 0.507 e. The van der Waals surface area contributed by atoms with Gasteiger partial charge < -0.3 is 15.9 Å². The molecular weight excluding hydrogens is 242 g/mol. The average Bonchev–Trinajstić information content (AvgIpc) is 3.01. The number of aromatic carboxylic acids is 1. The molecule has 0 aromatic heterocycles. The summed E-state index contributed by atoms with van der Waals surface area (Å²) in [4.78, 5) is 10.8. The molecule has 1 aliphatic carbocycles. The first-order valence-electron chi connectivity index (χ1n) is 5.39.